The molecule has 3 rings (SSSR count). The summed E-state index contributed by atoms with van der Waals surface area (Å²) in [6.45, 7) is 2.59. The summed E-state index contributed by atoms with van der Waals surface area (Å²) in [6.07, 6.45) is 1.43. The number of rotatable bonds is 8. The first kappa shape index (κ1) is 24.5. The van der Waals surface area contributed by atoms with Gasteiger partial charge < -0.3 is 14.8 Å². The number of benzene rings is 3. The Labute approximate surface area is 207 Å². The molecule has 3 aromatic rings. The Morgan fingerprint density at radius 3 is 2.36 bits per heavy atom. The van der Waals surface area contributed by atoms with Gasteiger partial charge in [0.05, 0.1) is 6.61 Å². The fraction of sp³-hybridized carbons (Fsp3) is 0.120. The van der Waals surface area contributed by atoms with Crippen LogP contribution in [0.2, 0.25) is 15.1 Å². The van der Waals surface area contributed by atoms with E-state index in [1.54, 1.807) is 60.7 Å². The normalized spacial score (nSPS) is 10.9. The van der Waals surface area contributed by atoms with Crippen LogP contribution < -0.4 is 14.8 Å². The maximum absolute atomic E-state index is 12.7. The van der Waals surface area contributed by atoms with Crippen LogP contribution in [0.4, 0.5) is 5.69 Å². The van der Waals surface area contributed by atoms with Crippen molar-refractivity contribution >= 4 is 52.5 Å². The van der Waals surface area contributed by atoms with E-state index in [0.29, 0.717) is 44.4 Å². The van der Waals surface area contributed by atoms with E-state index >= 15 is 0 Å². The van der Waals surface area contributed by atoms with Gasteiger partial charge in [-0.15, -0.1) is 0 Å². The van der Waals surface area contributed by atoms with Gasteiger partial charge in [-0.2, -0.15) is 5.26 Å². The van der Waals surface area contributed by atoms with Crippen molar-refractivity contribution in [2.75, 3.05) is 11.9 Å². The van der Waals surface area contributed by atoms with E-state index in [-0.39, 0.29) is 12.2 Å². The minimum atomic E-state index is -0.562. The largest absolute Gasteiger partial charge is 0.494 e. The Morgan fingerprint density at radius 1 is 1.00 bits per heavy atom. The highest BCUT2D eigenvalue weighted by Crippen LogP contribution is 2.28. The molecule has 8 heteroatoms. The molecule has 0 aliphatic rings. The Hall–Kier alpha value is -3.17. The predicted molar refractivity (Wildman–Crippen MR) is 132 cm³/mol. The van der Waals surface area contributed by atoms with E-state index in [4.69, 9.17) is 44.3 Å². The van der Waals surface area contributed by atoms with Gasteiger partial charge in [-0.1, -0.05) is 40.9 Å². The quantitative estimate of drug-likeness (QED) is 0.262. The molecule has 3 aromatic carbocycles. The summed E-state index contributed by atoms with van der Waals surface area (Å²) in [7, 11) is 0. The van der Waals surface area contributed by atoms with Crippen LogP contribution in [-0.4, -0.2) is 12.5 Å². The van der Waals surface area contributed by atoms with Crippen molar-refractivity contribution < 1.29 is 14.3 Å². The lowest BCUT2D eigenvalue weighted by Gasteiger charge is -2.12. The van der Waals surface area contributed by atoms with Gasteiger partial charge in [-0.25, -0.2) is 0 Å². The third-order valence-electron chi connectivity index (χ3n) is 4.46. The molecule has 5 nitrogen and oxygen atoms in total. The van der Waals surface area contributed by atoms with Crippen molar-refractivity contribution in [3.63, 3.8) is 0 Å². The molecule has 0 spiro atoms. The molecule has 0 radical (unpaired) electrons. The van der Waals surface area contributed by atoms with Crippen LogP contribution >= 0.6 is 34.8 Å². The first-order valence-electron chi connectivity index (χ1n) is 9.92. The van der Waals surface area contributed by atoms with Crippen molar-refractivity contribution in [1.29, 1.82) is 5.26 Å². The van der Waals surface area contributed by atoms with Crippen LogP contribution in [0, 0.1) is 11.3 Å². The minimum absolute atomic E-state index is 0.111. The maximum atomic E-state index is 12.7. The smallest absolute Gasteiger partial charge is 0.266 e. The highest BCUT2D eigenvalue weighted by molar-refractivity contribution is 6.35. The summed E-state index contributed by atoms with van der Waals surface area (Å²) < 4.78 is 11.3. The molecule has 0 saturated heterocycles. The van der Waals surface area contributed by atoms with Crippen LogP contribution in [-0.2, 0) is 11.4 Å². The van der Waals surface area contributed by atoms with E-state index in [9.17, 15) is 10.1 Å². The lowest BCUT2D eigenvalue weighted by Crippen LogP contribution is -2.13. The van der Waals surface area contributed by atoms with Crippen molar-refractivity contribution in [3.8, 4) is 17.6 Å². The van der Waals surface area contributed by atoms with Gasteiger partial charge >= 0.3 is 0 Å². The van der Waals surface area contributed by atoms with Gasteiger partial charge in [0.25, 0.3) is 5.91 Å². The first-order chi connectivity index (χ1) is 15.9. The van der Waals surface area contributed by atoms with Gasteiger partial charge in [0.2, 0.25) is 0 Å². The molecule has 1 amide bonds. The molecule has 0 aliphatic carbocycles. The van der Waals surface area contributed by atoms with E-state index in [2.05, 4.69) is 5.32 Å². The average molecular weight is 502 g/mol. The summed E-state index contributed by atoms with van der Waals surface area (Å²) in [4.78, 5) is 12.7. The second-order valence-corrected chi connectivity index (χ2v) is 8.07. The zero-order valence-electron chi connectivity index (χ0n) is 17.6. The number of hydrogen-bond acceptors (Lipinski definition) is 4. The number of nitrogens with zero attached hydrogens (tertiary/aromatic N) is 1. The Bertz CT molecular complexity index is 1220. The summed E-state index contributed by atoms with van der Waals surface area (Å²) in [6, 6.07) is 18.8. The number of carbonyl (C=O) groups excluding carboxylic acids is 1. The van der Waals surface area contributed by atoms with Crippen molar-refractivity contribution in [1.82, 2.24) is 0 Å². The molecule has 168 valence electrons. The van der Waals surface area contributed by atoms with E-state index in [1.165, 1.54) is 6.08 Å². The number of amides is 1. The SMILES string of the molecule is CCOc1ccc(NC(=O)/C(C#N)=C/c2cc(Cl)ccc2OCc2ccc(Cl)cc2Cl)cc1. The standard InChI is InChI=1S/C25H19Cl3N2O3/c1-2-32-22-8-6-21(7-9-22)30-25(31)18(14-29)11-17-12-19(26)5-10-24(17)33-15-16-3-4-20(27)13-23(16)28/h3-13H,2,15H2,1H3,(H,30,31)/b18-11+. The monoisotopic (exact) mass is 500 g/mol. The molecule has 0 atom stereocenters. The van der Waals surface area contributed by atoms with Crippen molar-refractivity contribution in [3.05, 3.63) is 92.4 Å². The Kier molecular flexibility index (Phi) is 8.62. The molecule has 0 aliphatic heterocycles. The number of anilines is 1. The van der Waals surface area contributed by atoms with E-state index in [1.807, 2.05) is 13.0 Å². The highest BCUT2D eigenvalue weighted by Gasteiger charge is 2.13. The Balaban J connectivity index is 1.79. The summed E-state index contributed by atoms with van der Waals surface area (Å²) >= 11 is 18.3. The topological polar surface area (TPSA) is 71.3 Å². The van der Waals surface area contributed by atoms with Crippen LogP contribution in [0.5, 0.6) is 11.5 Å². The van der Waals surface area contributed by atoms with Crippen LogP contribution in [0.15, 0.2) is 66.2 Å². The third-order valence-corrected chi connectivity index (χ3v) is 5.28. The van der Waals surface area contributed by atoms with Crippen molar-refractivity contribution in [2.45, 2.75) is 13.5 Å². The molecule has 0 aromatic heterocycles. The van der Waals surface area contributed by atoms with Gasteiger partial charge in [-0.05, 0) is 67.6 Å². The van der Waals surface area contributed by atoms with Gasteiger partial charge in [0.1, 0.15) is 29.7 Å². The zero-order chi connectivity index (χ0) is 23.8. The summed E-state index contributed by atoms with van der Waals surface area (Å²) in [5, 5.41) is 13.7. The van der Waals surface area contributed by atoms with E-state index < -0.39 is 5.91 Å². The van der Waals surface area contributed by atoms with Crippen LogP contribution in [0.25, 0.3) is 6.08 Å². The predicted octanol–water partition coefficient (Wildman–Crippen LogP) is 7.17. The summed E-state index contributed by atoms with van der Waals surface area (Å²) in [5.74, 6) is 0.563. The number of hydrogen-bond donors (Lipinski definition) is 1. The van der Waals surface area contributed by atoms with E-state index in [0.717, 1.165) is 5.56 Å². The summed E-state index contributed by atoms with van der Waals surface area (Å²) in [5.41, 5.74) is 1.63. The number of carbonyl (C=O) groups is 1. The number of nitrogens with one attached hydrogen (secondary N) is 1. The van der Waals surface area contributed by atoms with Gasteiger partial charge in [0.15, 0.2) is 0 Å². The maximum Gasteiger partial charge on any atom is 0.266 e. The lowest BCUT2D eigenvalue weighted by molar-refractivity contribution is -0.112. The average Bonchev–Trinajstić information content (AvgIpc) is 2.79. The molecule has 0 saturated carbocycles. The second-order valence-electron chi connectivity index (χ2n) is 6.79. The second kappa shape index (κ2) is 11.6. The molecule has 1 N–H and O–H groups in total. The van der Waals surface area contributed by atoms with Crippen LogP contribution in [0.1, 0.15) is 18.1 Å². The Morgan fingerprint density at radius 2 is 1.70 bits per heavy atom. The molecular weight excluding hydrogens is 483 g/mol. The number of ether oxygens (including phenoxy) is 2. The number of halogens is 3. The minimum Gasteiger partial charge on any atom is -0.494 e. The highest BCUT2D eigenvalue weighted by atomic mass is 35.5. The van der Waals surface area contributed by atoms with Gasteiger partial charge in [0, 0.05) is 31.9 Å². The lowest BCUT2D eigenvalue weighted by atomic mass is 10.1. The molecule has 0 bridgehead atoms. The molecular formula is C25H19Cl3N2O3. The third kappa shape index (κ3) is 6.90. The molecule has 0 fully saturated rings. The van der Waals surface area contributed by atoms with Crippen LogP contribution in [0.3, 0.4) is 0 Å². The molecule has 33 heavy (non-hydrogen) atoms. The fourth-order valence-corrected chi connectivity index (χ4v) is 3.51. The van der Waals surface area contributed by atoms with Crippen molar-refractivity contribution in [2.24, 2.45) is 0 Å². The zero-order valence-corrected chi connectivity index (χ0v) is 19.8. The molecule has 0 unspecified atom stereocenters. The number of nitriles is 1. The first-order valence-corrected chi connectivity index (χ1v) is 11.0. The fourth-order valence-electron chi connectivity index (χ4n) is 2.86. The van der Waals surface area contributed by atoms with Gasteiger partial charge in [-0.3, -0.25) is 4.79 Å². The molecule has 0 heterocycles.